The first-order valence-corrected chi connectivity index (χ1v) is 11.0. The highest BCUT2D eigenvalue weighted by Gasteiger charge is 2.23. The number of nitrogens with zero attached hydrogens (tertiary/aromatic N) is 1. The van der Waals surface area contributed by atoms with Gasteiger partial charge in [0.2, 0.25) is 5.90 Å². The summed E-state index contributed by atoms with van der Waals surface area (Å²) in [6.45, 7) is 7.21. The molecule has 0 saturated carbocycles. The number of hydrogen-bond acceptors (Lipinski definition) is 5. The van der Waals surface area contributed by atoms with Gasteiger partial charge in [-0.1, -0.05) is 56.3 Å². The van der Waals surface area contributed by atoms with E-state index in [-0.39, 0.29) is 5.70 Å². The minimum absolute atomic E-state index is 0.259. The van der Waals surface area contributed by atoms with Crippen LogP contribution in [-0.2, 0) is 9.53 Å². The van der Waals surface area contributed by atoms with Crippen LogP contribution in [-0.4, -0.2) is 25.1 Å². The lowest BCUT2D eigenvalue weighted by atomic mass is 10.0. The normalized spacial score (nSPS) is 14.4. The predicted molar refractivity (Wildman–Crippen MR) is 130 cm³/mol. The highest BCUT2D eigenvalue weighted by Crippen LogP contribution is 2.27. The summed E-state index contributed by atoms with van der Waals surface area (Å²) in [6, 6.07) is 23.1. The molecule has 168 valence electrons. The van der Waals surface area contributed by atoms with Gasteiger partial charge in [-0.3, -0.25) is 0 Å². The molecule has 3 aromatic carbocycles. The predicted octanol–water partition coefficient (Wildman–Crippen LogP) is 5.92. The lowest BCUT2D eigenvalue weighted by Crippen LogP contribution is -2.10. The van der Waals surface area contributed by atoms with Gasteiger partial charge in [0, 0.05) is 5.56 Å². The average Bonchev–Trinajstić information content (AvgIpc) is 3.17. The molecule has 0 aliphatic carbocycles. The molecule has 0 saturated heterocycles. The summed E-state index contributed by atoms with van der Waals surface area (Å²) in [5.74, 6) is 1.83. The first-order chi connectivity index (χ1) is 16.0. The van der Waals surface area contributed by atoms with Gasteiger partial charge >= 0.3 is 5.97 Å². The molecular weight excluding hydrogens is 414 g/mol. The number of aryl methyl sites for hydroxylation is 1. The Morgan fingerprint density at radius 1 is 0.939 bits per heavy atom. The number of aliphatic imine (C=N–C) groups is 1. The van der Waals surface area contributed by atoms with E-state index < -0.39 is 5.97 Å². The Morgan fingerprint density at radius 3 is 2.52 bits per heavy atom. The second-order valence-electron chi connectivity index (χ2n) is 8.17. The second-order valence-corrected chi connectivity index (χ2v) is 8.17. The summed E-state index contributed by atoms with van der Waals surface area (Å²) in [4.78, 5) is 16.6. The van der Waals surface area contributed by atoms with E-state index in [9.17, 15) is 4.79 Å². The molecule has 0 radical (unpaired) electrons. The molecule has 0 N–H and O–H groups in total. The van der Waals surface area contributed by atoms with E-state index >= 15 is 0 Å². The maximum Gasteiger partial charge on any atom is 0.363 e. The minimum atomic E-state index is -0.465. The van der Waals surface area contributed by atoms with Gasteiger partial charge in [0.05, 0.1) is 0 Å². The van der Waals surface area contributed by atoms with Crippen molar-refractivity contribution in [3.63, 3.8) is 0 Å². The van der Waals surface area contributed by atoms with Crippen molar-refractivity contribution in [3.05, 3.63) is 101 Å². The number of cyclic esters (lactones) is 1. The van der Waals surface area contributed by atoms with Crippen molar-refractivity contribution in [2.45, 2.75) is 26.7 Å². The molecule has 0 bridgehead atoms. The highest BCUT2D eigenvalue weighted by molar-refractivity contribution is 6.12. The molecule has 0 atom stereocenters. The monoisotopic (exact) mass is 441 g/mol. The Bertz CT molecular complexity index is 1200. The molecule has 33 heavy (non-hydrogen) atoms. The van der Waals surface area contributed by atoms with Crippen molar-refractivity contribution in [2.24, 2.45) is 4.99 Å². The zero-order valence-corrected chi connectivity index (χ0v) is 19.1. The third-order valence-corrected chi connectivity index (χ3v) is 5.20. The number of rotatable bonds is 8. The van der Waals surface area contributed by atoms with Crippen LogP contribution in [0.2, 0.25) is 0 Å². The first kappa shape index (κ1) is 22.3. The van der Waals surface area contributed by atoms with Crippen LogP contribution in [0.4, 0.5) is 0 Å². The van der Waals surface area contributed by atoms with Crippen molar-refractivity contribution in [2.75, 3.05) is 13.2 Å². The van der Waals surface area contributed by atoms with E-state index in [2.05, 4.69) is 44.0 Å². The first-order valence-electron chi connectivity index (χ1n) is 11.0. The lowest BCUT2D eigenvalue weighted by Gasteiger charge is -2.15. The van der Waals surface area contributed by atoms with E-state index in [1.165, 1.54) is 11.1 Å². The summed E-state index contributed by atoms with van der Waals surface area (Å²) >= 11 is 0. The van der Waals surface area contributed by atoms with E-state index in [0.717, 1.165) is 16.9 Å². The van der Waals surface area contributed by atoms with Gasteiger partial charge in [0.1, 0.15) is 24.7 Å². The molecule has 1 aliphatic heterocycles. The number of ether oxygens (including phenoxy) is 3. The van der Waals surface area contributed by atoms with E-state index in [1.807, 2.05) is 54.6 Å². The third kappa shape index (κ3) is 5.69. The zero-order chi connectivity index (χ0) is 23.2. The Morgan fingerprint density at radius 2 is 1.73 bits per heavy atom. The fourth-order valence-electron chi connectivity index (χ4n) is 3.52. The van der Waals surface area contributed by atoms with E-state index in [0.29, 0.717) is 30.8 Å². The van der Waals surface area contributed by atoms with Gasteiger partial charge in [-0.15, -0.1) is 0 Å². The minimum Gasteiger partial charge on any atom is -0.490 e. The Hall–Kier alpha value is -3.86. The van der Waals surface area contributed by atoms with Crippen LogP contribution in [0.15, 0.2) is 83.5 Å². The molecule has 1 aliphatic rings. The van der Waals surface area contributed by atoms with Gasteiger partial charge in [0.25, 0.3) is 0 Å². The number of benzene rings is 3. The zero-order valence-electron chi connectivity index (χ0n) is 19.1. The van der Waals surface area contributed by atoms with Gasteiger partial charge in [-0.05, 0) is 65.9 Å². The van der Waals surface area contributed by atoms with E-state index in [1.54, 1.807) is 6.08 Å². The van der Waals surface area contributed by atoms with Gasteiger partial charge in [-0.2, -0.15) is 0 Å². The van der Waals surface area contributed by atoms with Crippen LogP contribution in [0.1, 0.15) is 42.0 Å². The summed E-state index contributed by atoms with van der Waals surface area (Å²) in [7, 11) is 0. The van der Waals surface area contributed by atoms with Gasteiger partial charge in [0.15, 0.2) is 5.70 Å². The van der Waals surface area contributed by atoms with Crippen LogP contribution in [0, 0.1) is 6.92 Å². The molecular formula is C28H27NO4. The van der Waals surface area contributed by atoms with Crippen LogP contribution < -0.4 is 9.47 Å². The summed E-state index contributed by atoms with van der Waals surface area (Å²) in [5.41, 5.74) is 4.18. The van der Waals surface area contributed by atoms with Gasteiger partial charge in [-0.25, -0.2) is 9.79 Å². The van der Waals surface area contributed by atoms with Crippen LogP contribution in [0.3, 0.4) is 0 Å². The van der Waals surface area contributed by atoms with E-state index in [4.69, 9.17) is 14.2 Å². The van der Waals surface area contributed by atoms with Crippen LogP contribution >= 0.6 is 0 Å². The van der Waals surface area contributed by atoms with Crippen molar-refractivity contribution >= 4 is 17.9 Å². The summed E-state index contributed by atoms with van der Waals surface area (Å²) in [6.07, 6.45) is 1.70. The van der Waals surface area contributed by atoms with Crippen LogP contribution in [0.25, 0.3) is 6.08 Å². The van der Waals surface area contributed by atoms with Crippen molar-refractivity contribution in [3.8, 4) is 11.5 Å². The topological polar surface area (TPSA) is 57.1 Å². The SMILES string of the molecule is Cc1ccc(C(C)C)c(OCCOc2cccc(C=C3N=C(c4ccccc4)OC3=O)c2)c1. The number of esters is 1. The fraction of sp³-hybridized carbons (Fsp3) is 0.214. The van der Waals surface area contributed by atoms with Crippen molar-refractivity contribution in [1.82, 2.24) is 0 Å². The summed E-state index contributed by atoms with van der Waals surface area (Å²) in [5, 5.41) is 0. The maximum absolute atomic E-state index is 12.2. The Balaban J connectivity index is 1.38. The van der Waals surface area contributed by atoms with Crippen LogP contribution in [0.5, 0.6) is 11.5 Å². The second kappa shape index (κ2) is 10.2. The molecule has 3 aromatic rings. The molecule has 0 fully saturated rings. The molecule has 0 amide bonds. The molecule has 4 rings (SSSR count). The maximum atomic E-state index is 12.2. The van der Waals surface area contributed by atoms with Crippen molar-refractivity contribution < 1.29 is 19.0 Å². The fourth-order valence-corrected chi connectivity index (χ4v) is 3.52. The number of carbonyl (C=O) groups is 1. The standard InChI is InChI=1S/C28H27NO4/c1-19(2)24-13-12-20(3)16-26(24)32-15-14-31-23-11-7-8-21(17-23)18-25-28(30)33-27(29-25)22-9-5-4-6-10-22/h4-13,16-19H,14-15H2,1-3H3. The average molecular weight is 442 g/mol. The smallest absolute Gasteiger partial charge is 0.363 e. The molecule has 1 heterocycles. The highest BCUT2D eigenvalue weighted by atomic mass is 16.6. The molecule has 0 aromatic heterocycles. The number of carbonyl (C=O) groups excluding carboxylic acids is 1. The molecule has 5 heteroatoms. The summed E-state index contributed by atoms with van der Waals surface area (Å²) < 4.78 is 17.2. The molecule has 5 nitrogen and oxygen atoms in total. The third-order valence-electron chi connectivity index (χ3n) is 5.20. The lowest BCUT2D eigenvalue weighted by molar-refractivity contribution is -0.129. The molecule has 0 unspecified atom stereocenters. The van der Waals surface area contributed by atoms with Crippen molar-refractivity contribution in [1.29, 1.82) is 0 Å². The van der Waals surface area contributed by atoms with Gasteiger partial charge < -0.3 is 14.2 Å². The Kier molecular flexibility index (Phi) is 6.89. The largest absolute Gasteiger partial charge is 0.490 e. The molecule has 0 spiro atoms. The number of hydrogen-bond donors (Lipinski definition) is 0. The Labute approximate surface area is 194 Å². The quantitative estimate of drug-likeness (QED) is 0.247.